The van der Waals surface area contributed by atoms with Crippen molar-refractivity contribution in [1.29, 1.82) is 0 Å². The van der Waals surface area contributed by atoms with Crippen molar-refractivity contribution in [3.8, 4) is 0 Å². The van der Waals surface area contributed by atoms with E-state index < -0.39 is 29.9 Å². The highest BCUT2D eigenvalue weighted by Gasteiger charge is 2.61. The van der Waals surface area contributed by atoms with Crippen LogP contribution in [0.15, 0.2) is 24.3 Å². The van der Waals surface area contributed by atoms with Crippen LogP contribution in [-0.2, 0) is 11.3 Å². The lowest BCUT2D eigenvalue weighted by Gasteiger charge is -2.29. The summed E-state index contributed by atoms with van der Waals surface area (Å²) < 4.78 is 52.0. The molecule has 0 spiro atoms. The normalized spacial score (nSPS) is 22.8. The maximum atomic E-state index is 13.1. The average Bonchev–Trinajstić information content (AvgIpc) is 2.88. The molecule has 1 aliphatic rings. The lowest BCUT2D eigenvalue weighted by atomic mass is 9.85. The minimum atomic E-state index is -4.59. The SMILES string of the molecule is O=C(NCc1ccc(F)cc1)C1(C(F)(F)F)CCNC1. The fourth-order valence-electron chi connectivity index (χ4n) is 2.21. The second kappa shape index (κ2) is 5.40. The summed E-state index contributed by atoms with van der Waals surface area (Å²) in [6.07, 6.45) is -4.87. The molecule has 0 radical (unpaired) electrons. The van der Waals surface area contributed by atoms with Gasteiger partial charge in [-0.15, -0.1) is 0 Å². The fourth-order valence-corrected chi connectivity index (χ4v) is 2.21. The summed E-state index contributed by atoms with van der Waals surface area (Å²) >= 11 is 0. The van der Waals surface area contributed by atoms with Crippen LogP contribution in [0.25, 0.3) is 0 Å². The smallest absolute Gasteiger partial charge is 0.351 e. The van der Waals surface area contributed by atoms with Gasteiger partial charge in [-0.1, -0.05) is 12.1 Å². The Morgan fingerprint density at radius 3 is 2.45 bits per heavy atom. The van der Waals surface area contributed by atoms with Crippen molar-refractivity contribution in [3.05, 3.63) is 35.6 Å². The first-order chi connectivity index (χ1) is 9.35. The topological polar surface area (TPSA) is 41.1 Å². The minimum absolute atomic E-state index is 0.0586. The van der Waals surface area contributed by atoms with Crippen molar-refractivity contribution in [3.63, 3.8) is 0 Å². The van der Waals surface area contributed by atoms with E-state index in [1.165, 1.54) is 24.3 Å². The Morgan fingerprint density at radius 1 is 1.30 bits per heavy atom. The van der Waals surface area contributed by atoms with Gasteiger partial charge >= 0.3 is 6.18 Å². The summed E-state index contributed by atoms with van der Waals surface area (Å²) in [5, 5.41) is 4.86. The molecule has 110 valence electrons. The number of hydrogen-bond acceptors (Lipinski definition) is 2. The molecule has 1 saturated heterocycles. The van der Waals surface area contributed by atoms with E-state index in [2.05, 4.69) is 10.6 Å². The van der Waals surface area contributed by atoms with Gasteiger partial charge in [-0.05, 0) is 30.7 Å². The Morgan fingerprint density at radius 2 is 1.95 bits per heavy atom. The first kappa shape index (κ1) is 14.8. The zero-order valence-electron chi connectivity index (χ0n) is 10.6. The second-order valence-corrected chi connectivity index (χ2v) is 4.82. The third-order valence-corrected chi connectivity index (χ3v) is 3.50. The molecular formula is C13H14F4N2O. The highest BCUT2D eigenvalue weighted by molar-refractivity contribution is 5.84. The predicted octanol–water partition coefficient (Wildman–Crippen LogP) is 1.98. The van der Waals surface area contributed by atoms with Crippen molar-refractivity contribution in [2.75, 3.05) is 13.1 Å². The van der Waals surface area contributed by atoms with Gasteiger partial charge in [0, 0.05) is 13.1 Å². The first-order valence-corrected chi connectivity index (χ1v) is 6.15. The highest BCUT2D eigenvalue weighted by atomic mass is 19.4. The molecule has 2 rings (SSSR count). The molecule has 0 bridgehead atoms. The lowest BCUT2D eigenvalue weighted by Crippen LogP contribution is -2.52. The van der Waals surface area contributed by atoms with E-state index in [0.29, 0.717) is 5.56 Å². The molecule has 0 aromatic heterocycles. The largest absolute Gasteiger partial charge is 0.404 e. The van der Waals surface area contributed by atoms with Gasteiger partial charge in [0.15, 0.2) is 5.41 Å². The third kappa shape index (κ3) is 2.77. The number of carbonyl (C=O) groups is 1. The summed E-state index contributed by atoms with van der Waals surface area (Å²) in [5.41, 5.74) is -1.82. The molecule has 1 amide bonds. The van der Waals surface area contributed by atoms with Crippen LogP contribution in [0.3, 0.4) is 0 Å². The maximum absolute atomic E-state index is 13.1. The molecule has 1 atom stereocenters. The molecule has 1 heterocycles. The zero-order chi connectivity index (χ0) is 14.8. The number of hydrogen-bond donors (Lipinski definition) is 2. The number of nitrogens with one attached hydrogen (secondary N) is 2. The van der Waals surface area contributed by atoms with E-state index in [0.717, 1.165) is 0 Å². The van der Waals surface area contributed by atoms with Gasteiger partial charge < -0.3 is 10.6 Å². The Hall–Kier alpha value is -1.63. The van der Waals surface area contributed by atoms with Gasteiger partial charge in [-0.25, -0.2) is 4.39 Å². The number of amides is 1. The summed E-state index contributed by atoms with van der Waals surface area (Å²) in [7, 11) is 0. The van der Waals surface area contributed by atoms with Gasteiger partial charge in [0.2, 0.25) is 5.91 Å². The van der Waals surface area contributed by atoms with E-state index in [-0.39, 0.29) is 19.5 Å². The molecule has 0 aliphatic carbocycles. The van der Waals surface area contributed by atoms with Gasteiger partial charge in [0.05, 0.1) is 0 Å². The molecule has 20 heavy (non-hydrogen) atoms. The summed E-state index contributed by atoms with van der Waals surface area (Å²) in [6.45, 7) is -0.313. The van der Waals surface area contributed by atoms with E-state index in [1.807, 2.05) is 0 Å². The Bertz CT molecular complexity index is 478. The highest BCUT2D eigenvalue weighted by Crippen LogP contribution is 2.43. The Labute approximate surface area is 113 Å². The summed E-state index contributed by atoms with van der Waals surface area (Å²) in [6, 6.07) is 5.22. The van der Waals surface area contributed by atoms with Crippen LogP contribution < -0.4 is 10.6 Å². The fraction of sp³-hybridized carbons (Fsp3) is 0.462. The van der Waals surface area contributed by atoms with Crippen LogP contribution >= 0.6 is 0 Å². The van der Waals surface area contributed by atoms with E-state index in [9.17, 15) is 22.4 Å². The van der Waals surface area contributed by atoms with E-state index >= 15 is 0 Å². The minimum Gasteiger partial charge on any atom is -0.351 e. The molecule has 2 N–H and O–H groups in total. The van der Waals surface area contributed by atoms with Crippen molar-refractivity contribution in [2.45, 2.75) is 19.1 Å². The van der Waals surface area contributed by atoms with Crippen LogP contribution in [0.5, 0.6) is 0 Å². The van der Waals surface area contributed by atoms with Crippen molar-refractivity contribution >= 4 is 5.91 Å². The van der Waals surface area contributed by atoms with E-state index in [4.69, 9.17) is 0 Å². The standard InChI is InChI=1S/C13H14F4N2O/c14-10-3-1-9(2-4-10)7-19-11(20)12(13(15,16)17)5-6-18-8-12/h1-4,18H,5-8H2,(H,19,20). The molecule has 1 fully saturated rings. The molecule has 1 aliphatic heterocycles. The zero-order valence-corrected chi connectivity index (χ0v) is 10.6. The van der Waals surface area contributed by atoms with Crippen LogP contribution in [0.1, 0.15) is 12.0 Å². The molecule has 1 aromatic carbocycles. The van der Waals surface area contributed by atoms with Crippen LogP contribution in [0, 0.1) is 11.2 Å². The molecule has 1 aromatic rings. The van der Waals surface area contributed by atoms with E-state index in [1.54, 1.807) is 0 Å². The van der Waals surface area contributed by atoms with Crippen molar-refractivity contribution < 1.29 is 22.4 Å². The number of carbonyl (C=O) groups excluding carboxylic acids is 1. The number of rotatable bonds is 3. The first-order valence-electron chi connectivity index (χ1n) is 6.15. The van der Waals surface area contributed by atoms with Gasteiger partial charge in [0.1, 0.15) is 5.82 Å². The van der Waals surface area contributed by atoms with Gasteiger partial charge in [-0.3, -0.25) is 4.79 Å². The average molecular weight is 290 g/mol. The van der Waals surface area contributed by atoms with Crippen molar-refractivity contribution in [1.82, 2.24) is 10.6 Å². The van der Waals surface area contributed by atoms with Crippen LogP contribution in [0.2, 0.25) is 0 Å². The molecule has 3 nitrogen and oxygen atoms in total. The summed E-state index contributed by atoms with van der Waals surface area (Å²) in [5.74, 6) is -1.48. The number of benzene rings is 1. The molecule has 1 unspecified atom stereocenters. The molecule has 0 saturated carbocycles. The second-order valence-electron chi connectivity index (χ2n) is 4.82. The Kier molecular flexibility index (Phi) is 3.99. The molecular weight excluding hydrogens is 276 g/mol. The number of alkyl halides is 3. The maximum Gasteiger partial charge on any atom is 0.404 e. The van der Waals surface area contributed by atoms with Crippen LogP contribution in [0.4, 0.5) is 17.6 Å². The van der Waals surface area contributed by atoms with Crippen molar-refractivity contribution in [2.24, 2.45) is 5.41 Å². The molecule has 7 heteroatoms. The third-order valence-electron chi connectivity index (χ3n) is 3.50. The Balaban J connectivity index is 2.05. The van der Waals surface area contributed by atoms with Gasteiger partial charge in [-0.2, -0.15) is 13.2 Å². The summed E-state index contributed by atoms with van der Waals surface area (Å²) in [4.78, 5) is 11.9. The number of halogens is 4. The quantitative estimate of drug-likeness (QED) is 0.836. The lowest BCUT2D eigenvalue weighted by molar-refractivity contribution is -0.216. The monoisotopic (exact) mass is 290 g/mol. The van der Waals surface area contributed by atoms with Crippen LogP contribution in [-0.4, -0.2) is 25.2 Å². The predicted molar refractivity (Wildman–Crippen MR) is 64.2 cm³/mol. The van der Waals surface area contributed by atoms with Gasteiger partial charge in [0.25, 0.3) is 0 Å².